The lowest BCUT2D eigenvalue weighted by molar-refractivity contribution is -0.151. The molecular weight excluding hydrogens is 422 g/mol. The molecule has 4 atom stereocenters. The molecule has 0 spiro atoms. The Kier molecular flexibility index (Phi) is 7.46. The molecule has 1 fully saturated rings. The number of benzene rings is 1. The molecule has 3 rings (SSSR count). The second-order valence-electron chi connectivity index (χ2n) is 7.25. The second-order valence-corrected chi connectivity index (χ2v) is 7.25. The molecule has 0 radical (unpaired) electrons. The standard InChI is InChI=1S/C21H23N3O8/c1-12(25)7-8-16(26)31-11-14-17(27)18(28)20(32-14)24-10-9-15(23-21(24)30)22-19(29)13-5-3-2-4-6-13/h2-6,9-10,14,17-18,20,27-28H,7-8,11H2,1H3,(H,22,23,29,30)/t14-,17-,18-,20-/m1/s1. The van der Waals surface area contributed by atoms with E-state index in [1.807, 2.05) is 0 Å². The summed E-state index contributed by atoms with van der Waals surface area (Å²) in [4.78, 5) is 51.0. The second kappa shape index (κ2) is 10.3. The summed E-state index contributed by atoms with van der Waals surface area (Å²) in [7, 11) is 0. The number of nitrogens with one attached hydrogen (secondary N) is 1. The molecule has 11 nitrogen and oxygen atoms in total. The van der Waals surface area contributed by atoms with Crippen molar-refractivity contribution >= 4 is 23.5 Å². The van der Waals surface area contributed by atoms with Crippen molar-refractivity contribution in [3.05, 3.63) is 58.6 Å². The maximum Gasteiger partial charge on any atom is 0.351 e. The van der Waals surface area contributed by atoms with Crippen LogP contribution in [0.25, 0.3) is 0 Å². The maximum absolute atomic E-state index is 12.4. The smallest absolute Gasteiger partial charge is 0.351 e. The fourth-order valence-electron chi connectivity index (χ4n) is 3.08. The van der Waals surface area contributed by atoms with Crippen molar-refractivity contribution in [2.24, 2.45) is 0 Å². The minimum atomic E-state index is -1.49. The Morgan fingerprint density at radius 2 is 1.84 bits per heavy atom. The number of Topliss-reactive ketones (excluding diaryl/α,β-unsaturated/α-hetero) is 1. The van der Waals surface area contributed by atoms with Gasteiger partial charge >= 0.3 is 11.7 Å². The SMILES string of the molecule is CC(=O)CCC(=O)OC[C@H]1O[C@@H](n2ccc(NC(=O)c3ccccc3)nc2=O)[C@H](O)[C@@H]1O. The predicted octanol–water partition coefficient (Wildman–Crippen LogP) is 0.0272. The van der Waals surface area contributed by atoms with E-state index in [1.54, 1.807) is 30.3 Å². The van der Waals surface area contributed by atoms with Gasteiger partial charge in [-0.2, -0.15) is 4.98 Å². The van der Waals surface area contributed by atoms with Crippen LogP contribution in [0.5, 0.6) is 0 Å². The third-order valence-corrected chi connectivity index (χ3v) is 4.81. The van der Waals surface area contributed by atoms with Crippen LogP contribution in [0.3, 0.4) is 0 Å². The first-order valence-corrected chi connectivity index (χ1v) is 9.88. The van der Waals surface area contributed by atoms with E-state index in [-0.39, 0.29) is 31.0 Å². The molecule has 0 saturated carbocycles. The van der Waals surface area contributed by atoms with E-state index < -0.39 is 42.1 Å². The number of hydrogen-bond donors (Lipinski definition) is 3. The van der Waals surface area contributed by atoms with Crippen LogP contribution in [0.2, 0.25) is 0 Å². The molecule has 1 aliphatic heterocycles. The molecule has 11 heteroatoms. The Morgan fingerprint density at radius 1 is 1.12 bits per heavy atom. The lowest BCUT2D eigenvalue weighted by Crippen LogP contribution is -2.36. The van der Waals surface area contributed by atoms with E-state index >= 15 is 0 Å². The van der Waals surface area contributed by atoms with Gasteiger partial charge in [-0.1, -0.05) is 18.2 Å². The van der Waals surface area contributed by atoms with Crippen LogP contribution in [-0.2, 0) is 19.1 Å². The van der Waals surface area contributed by atoms with Gasteiger partial charge in [-0.3, -0.25) is 14.2 Å². The number of aliphatic hydroxyl groups is 2. The summed E-state index contributed by atoms with van der Waals surface area (Å²) < 4.78 is 11.4. The van der Waals surface area contributed by atoms with Crippen LogP contribution in [0.15, 0.2) is 47.4 Å². The number of esters is 1. The summed E-state index contributed by atoms with van der Waals surface area (Å²) in [5, 5.41) is 23.0. The molecule has 2 heterocycles. The van der Waals surface area contributed by atoms with Gasteiger partial charge in [0.2, 0.25) is 0 Å². The summed E-state index contributed by atoms with van der Waals surface area (Å²) >= 11 is 0. The summed E-state index contributed by atoms with van der Waals surface area (Å²) in [6.07, 6.45) is -4.08. The molecule has 1 amide bonds. The Morgan fingerprint density at radius 3 is 2.50 bits per heavy atom. The van der Waals surface area contributed by atoms with Crippen molar-refractivity contribution in [1.29, 1.82) is 0 Å². The zero-order valence-electron chi connectivity index (χ0n) is 17.2. The van der Waals surface area contributed by atoms with Crippen molar-refractivity contribution in [1.82, 2.24) is 9.55 Å². The Hall–Kier alpha value is -3.41. The van der Waals surface area contributed by atoms with Crippen molar-refractivity contribution < 1.29 is 34.1 Å². The molecule has 0 unspecified atom stereocenters. The van der Waals surface area contributed by atoms with Crippen LogP contribution in [0.1, 0.15) is 36.4 Å². The zero-order valence-corrected chi connectivity index (χ0v) is 17.2. The number of carbonyl (C=O) groups excluding carboxylic acids is 3. The average Bonchev–Trinajstić information content (AvgIpc) is 3.05. The van der Waals surface area contributed by atoms with Gasteiger partial charge in [0.15, 0.2) is 6.23 Å². The fraction of sp³-hybridized carbons (Fsp3) is 0.381. The molecule has 1 saturated heterocycles. The summed E-state index contributed by atoms with van der Waals surface area (Å²) in [6.45, 7) is 0.987. The normalized spacial score (nSPS) is 22.3. The molecule has 0 bridgehead atoms. The van der Waals surface area contributed by atoms with Gasteiger partial charge in [-0.05, 0) is 25.1 Å². The van der Waals surface area contributed by atoms with Gasteiger partial charge in [-0.25, -0.2) is 4.79 Å². The van der Waals surface area contributed by atoms with E-state index in [0.717, 1.165) is 4.57 Å². The molecule has 1 aromatic carbocycles. The Labute approximate surface area is 182 Å². The number of carbonyl (C=O) groups is 3. The molecule has 1 aliphatic rings. The van der Waals surface area contributed by atoms with Crippen molar-refractivity contribution in [2.75, 3.05) is 11.9 Å². The summed E-state index contributed by atoms with van der Waals surface area (Å²) in [5.74, 6) is -1.25. The number of hydrogen-bond acceptors (Lipinski definition) is 9. The highest BCUT2D eigenvalue weighted by molar-refractivity contribution is 6.03. The highest BCUT2D eigenvalue weighted by Crippen LogP contribution is 2.28. The van der Waals surface area contributed by atoms with Gasteiger partial charge in [0.05, 0.1) is 6.42 Å². The van der Waals surface area contributed by atoms with Crippen molar-refractivity contribution in [3.63, 3.8) is 0 Å². The number of nitrogens with zero attached hydrogens (tertiary/aromatic N) is 2. The number of aromatic nitrogens is 2. The molecule has 1 aromatic heterocycles. The first kappa shape index (κ1) is 23.3. The van der Waals surface area contributed by atoms with Crippen LogP contribution in [0, 0.1) is 0 Å². The fourth-order valence-corrected chi connectivity index (χ4v) is 3.08. The molecule has 32 heavy (non-hydrogen) atoms. The summed E-state index contributed by atoms with van der Waals surface area (Å²) in [5.41, 5.74) is -0.442. The van der Waals surface area contributed by atoms with E-state index in [2.05, 4.69) is 10.3 Å². The topological polar surface area (TPSA) is 157 Å². The van der Waals surface area contributed by atoms with E-state index in [1.165, 1.54) is 19.2 Å². The number of ketones is 1. The number of anilines is 1. The van der Waals surface area contributed by atoms with Gasteiger partial charge in [-0.15, -0.1) is 0 Å². The first-order valence-electron chi connectivity index (χ1n) is 9.88. The highest BCUT2D eigenvalue weighted by atomic mass is 16.6. The third kappa shape index (κ3) is 5.63. The van der Waals surface area contributed by atoms with Crippen LogP contribution >= 0.6 is 0 Å². The monoisotopic (exact) mass is 445 g/mol. The molecule has 0 aliphatic carbocycles. The summed E-state index contributed by atoms with van der Waals surface area (Å²) in [6, 6.07) is 9.71. The van der Waals surface area contributed by atoms with Crippen LogP contribution in [-0.4, -0.2) is 62.3 Å². The van der Waals surface area contributed by atoms with Gasteiger partial charge < -0.3 is 29.8 Å². The van der Waals surface area contributed by atoms with E-state index in [9.17, 15) is 29.4 Å². The Balaban J connectivity index is 1.63. The van der Waals surface area contributed by atoms with E-state index in [0.29, 0.717) is 5.56 Å². The minimum Gasteiger partial charge on any atom is -0.463 e. The number of aliphatic hydroxyl groups excluding tert-OH is 2. The van der Waals surface area contributed by atoms with Gasteiger partial charge in [0.25, 0.3) is 5.91 Å². The molecule has 3 N–H and O–H groups in total. The number of ether oxygens (including phenoxy) is 2. The van der Waals surface area contributed by atoms with Crippen molar-refractivity contribution in [2.45, 2.75) is 44.3 Å². The molecule has 2 aromatic rings. The van der Waals surface area contributed by atoms with Crippen LogP contribution in [0.4, 0.5) is 5.82 Å². The van der Waals surface area contributed by atoms with Crippen LogP contribution < -0.4 is 11.0 Å². The third-order valence-electron chi connectivity index (χ3n) is 4.81. The number of rotatable bonds is 8. The van der Waals surface area contributed by atoms with Crippen molar-refractivity contribution in [3.8, 4) is 0 Å². The largest absolute Gasteiger partial charge is 0.463 e. The number of amides is 1. The quantitative estimate of drug-likeness (QED) is 0.477. The van der Waals surface area contributed by atoms with Gasteiger partial charge in [0.1, 0.15) is 36.5 Å². The van der Waals surface area contributed by atoms with Gasteiger partial charge in [0, 0.05) is 18.2 Å². The Bertz CT molecular complexity index is 1040. The lowest BCUT2D eigenvalue weighted by atomic mass is 10.1. The average molecular weight is 445 g/mol. The van der Waals surface area contributed by atoms with E-state index in [4.69, 9.17) is 9.47 Å². The molecule has 170 valence electrons. The first-order chi connectivity index (χ1) is 15.3. The molecular formula is C21H23N3O8. The maximum atomic E-state index is 12.4. The highest BCUT2D eigenvalue weighted by Gasteiger charge is 2.44. The minimum absolute atomic E-state index is 0.00379. The predicted molar refractivity (Wildman–Crippen MR) is 110 cm³/mol. The zero-order chi connectivity index (χ0) is 23.3. The lowest BCUT2D eigenvalue weighted by Gasteiger charge is -2.17.